The molecule has 252 valence electrons. The first kappa shape index (κ1) is 35.6. The molecule has 1 heterocycles. The topological polar surface area (TPSA) is 135 Å². The maximum absolute atomic E-state index is 13.1. The lowest BCUT2D eigenvalue weighted by Crippen LogP contribution is -2.38. The van der Waals surface area contributed by atoms with Crippen LogP contribution < -0.4 is 10.2 Å². The number of pyridine rings is 1. The Balaban J connectivity index is 1.39. The van der Waals surface area contributed by atoms with E-state index in [1.807, 2.05) is 61.5 Å². The molecule has 0 saturated carbocycles. The zero-order valence-corrected chi connectivity index (χ0v) is 28.1. The number of nitrogens with zero attached hydrogens (tertiary/aromatic N) is 2. The van der Waals surface area contributed by atoms with Crippen LogP contribution in [0.25, 0.3) is 21.9 Å². The van der Waals surface area contributed by atoms with Crippen LogP contribution in [-0.2, 0) is 23.9 Å². The number of benzene rings is 3. The molecule has 0 bridgehead atoms. The van der Waals surface area contributed by atoms with Gasteiger partial charge in [-0.05, 0) is 80.0 Å². The van der Waals surface area contributed by atoms with E-state index in [-0.39, 0.29) is 49.8 Å². The molecule has 0 radical (unpaired) electrons. The minimum Gasteiger partial charge on any atom is -0.507 e. The summed E-state index contributed by atoms with van der Waals surface area (Å²) in [5, 5.41) is 14.6. The highest BCUT2D eigenvalue weighted by molar-refractivity contribution is 5.99. The van der Waals surface area contributed by atoms with Crippen molar-refractivity contribution < 1.29 is 33.8 Å². The molecule has 48 heavy (non-hydrogen) atoms. The van der Waals surface area contributed by atoms with Gasteiger partial charge in [0.2, 0.25) is 5.91 Å². The number of amides is 2. The Kier molecular flexibility index (Phi) is 11.9. The summed E-state index contributed by atoms with van der Waals surface area (Å²) in [7, 11) is 1.30. The summed E-state index contributed by atoms with van der Waals surface area (Å²) < 4.78 is 10.5. The van der Waals surface area contributed by atoms with E-state index >= 15 is 0 Å². The van der Waals surface area contributed by atoms with E-state index in [1.54, 1.807) is 45.2 Å². The number of hydrogen-bond acceptors (Lipinski definition) is 8. The van der Waals surface area contributed by atoms with E-state index in [2.05, 4.69) is 10.3 Å². The fourth-order valence-corrected chi connectivity index (χ4v) is 5.41. The van der Waals surface area contributed by atoms with Crippen molar-refractivity contribution in [2.45, 2.75) is 64.9 Å². The first-order chi connectivity index (χ1) is 22.8. The van der Waals surface area contributed by atoms with Gasteiger partial charge in [-0.3, -0.25) is 19.3 Å². The van der Waals surface area contributed by atoms with Crippen LogP contribution in [-0.4, -0.2) is 59.6 Å². The first-order valence-electron chi connectivity index (χ1n) is 15.9. The second-order valence-corrected chi connectivity index (χ2v) is 12.7. The quantitative estimate of drug-likeness (QED) is 0.150. The number of rotatable bonds is 13. The van der Waals surface area contributed by atoms with E-state index in [4.69, 9.17) is 9.47 Å². The van der Waals surface area contributed by atoms with Crippen molar-refractivity contribution in [3.8, 4) is 16.9 Å². The first-order valence-corrected chi connectivity index (χ1v) is 15.9. The number of fused-ring (bicyclic) bond motifs is 1. The summed E-state index contributed by atoms with van der Waals surface area (Å²) in [5.74, 6) is -0.888. The van der Waals surface area contributed by atoms with E-state index in [1.165, 1.54) is 12.0 Å². The SMILES string of the molecule is COC(=O)C[C@H](CC(=O)CNC(=O)CCCN(C(=O)OC(C)(C)C)c1cc(C)ccn1)c1cccc(-c2cccc3c(O)cccc23)c1. The van der Waals surface area contributed by atoms with Crippen molar-refractivity contribution in [3.05, 3.63) is 90.1 Å². The van der Waals surface area contributed by atoms with Gasteiger partial charge in [-0.15, -0.1) is 0 Å². The minimum atomic E-state index is -0.705. The number of aryl methyl sites for hydroxylation is 1. The summed E-state index contributed by atoms with van der Waals surface area (Å²) in [5.41, 5.74) is 2.78. The minimum absolute atomic E-state index is 0.0105. The number of phenolic OH excluding ortho intramolecular Hbond substituents is 1. The molecule has 1 aromatic heterocycles. The molecule has 0 saturated heterocycles. The number of hydrogen-bond donors (Lipinski definition) is 2. The van der Waals surface area contributed by atoms with Crippen molar-refractivity contribution in [3.63, 3.8) is 0 Å². The molecule has 0 aliphatic heterocycles. The maximum Gasteiger partial charge on any atom is 0.416 e. The van der Waals surface area contributed by atoms with Crippen LogP contribution in [0.5, 0.6) is 5.75 Å². The number of phenols is 1. The number of aromatic nitrogens is 1. The molecule has 10 heteroatoms. The lowest BCUT2D eigenvalue weighted by Gasteiger charge is -2.27. The second kappa shape index (κ2) is 16.0. The molecule has 4 aromatic rings. The predicted molar refractivity (Wildman–Crippen MR) is 185 cm³/mol. The molecule has 0 unspecified atom stereocenters. The molecule has 2 N–H and O–H groups in total. The largest absolute Gasteiger partial charge is 0.507 e. The van der Waals surface area contributed by atoms with Gasteiger partial charge in [-0.1, -0.05) is 54.6 Å². The normalized spacial score (nSPS) is 11.9. The molecule has 0 aliphatic carbocycles. The molecule has 2 amide bonds. The van der Waals surface area contributed by atoms with Crippen LogP contribution in [0.15, 0.2) is 79.0 Å². The number of anilines is 1. The summed E-state index contributed by atoms with van der Waals surface area (Å²) in [6.45, 7) is 7.23. The smallest absolute Gasteiger partial charge is 0.416 e. The van der Waals surface area contributed by atoms with Crippen LogP contribution in [0.2, 0.25) is 0 Å². The third kappa shape index (κ3) is 9.87. The average Bonchev–Trinajstić information content (AvgIpc) is 3.04. The molecule has 3 aromatic carbocycles. The summed E-state index contributed by atoms with van der Waals surface area (Å²) >= 11 is 0. The maximum atomic E-state index is 13.1. The molecule has 0 spiro atoms. The van der Waals surface area contributed by atoms with Gasteiger partial charge in [-0.25, -0.2) is 9.78 Å². The number of nitrogens with one attached hydrogen (secondary N) is 1. The van der Waals surface area contributed by atoms with Gasteiger partial charge >= 0.3 is 12.1 Å². The van der Waals surface area contributed by atoms with Crippen molar-refractivity contribution in [2.75, 3.05) is 25.1 Å². The summed E-state index contributed by atoms with van der Waals surface area (Å²) in [4.78, 5) is 56.8. The summed E-state index contributed by atoms with van der Waals surface area (Å²) in [6.07, 6.45) is 1.45. The zero-order chi connectivity index (χ0) is 34.8. The Labute approximate surface area is 281 Å². The number of ether oxygens (including phenoxy) is 2. The molecule has 0 aliphatic rings. The number of esters is 1. The number of carbonyl (C=O) groups excluding carboxylic acids is 4. The molecular weight excluding hydrogens is 610 g/mol. The Morgan fingerprint density at radius 2 is 1.67 bits per heavy atom. The number of ketones is 1. The zero-order valence-electron chi connectivity index (χ0n) is 28.1. The van der Waals surface area contributed by atoms with E-state index in [9.17, 15) is 24.3 Å². The van der Waals surface area contributed by atoms with Crippen LogP contribution in [0.4, 0.5) is 10.6 Å². The highest BCUT2D eigenvalue weighted by Gasteiger charge is 2.25. The number of Topliss-reactive ketones (excluding diaryl/α,β-unsaturated/α-hetero) is 1. The van der Waals surface area contributed by atoms with Crippen LogP contribution in [0, 0.1) is 6.92 Å². The lowest BCUT2D eigenvalue weighted by molar-refractivity contribution is -0.141. The van der Waals surface area contributed by atoms with Crippen LogP contribution in [0.3, 0.4) is 0 Å². The van der Waals surface area contributed by atoms with Gasteiger partial charge in [0.1, 0.15) is 17.2 Å². The molecule has 4 rings (SSSR count). The van der Waals surface area contributed by atoms with Crippen molar-refractivity contribution >= 4 is 40.3 Å². The molecular formula is C38H43N3O7. The van der Waals surface area contributed by atoms with Gasteiger partial charge in [-0.2, -0.15) is 0 Å². The highest BCUT2D eigenvalue weighted by Crippen LogP contribution is 2.35. The Bertz CT molecular complexity index is 1780. The number of methoxy groups -OCH3 is 1. The van der Waals surface area contributed by atoms with Gasteiger partial charge in [0.15, 0.2) is 5.78 Å². The Hall–Kier alpha value is -5.25. The number of aromatic hydroxyl groups is 1. The average molecular weight is 654 g/mol. The third-order valence-electron chi connectivity index (χ3n) is 7.74. The fourth-order valence-electron chi connectivity index (χ4n) is 5.41. The van der Waals surface area contributed by atoms with E-state index < -0.39 is 23.6 Å². The van der Waals surface area contributed by atoms with Gasteiger partial charge < -0.3 is 19.9 Å². The van der Waals surface area contributed by atoms with E-state index in [0.29, 0.717) is 12.2 Å². The lowest BCUT2D eigenvalue weighted by atomic mass is 9.88. The highest BCUT2D eigenvalue weighted by atomic mass is 16.6. The van der Waals surface area contributed by atoms with Crippen molar-refractivity contribution in [2.24, 2.45) is 0 Å². The second-order valence-electron chi connectivity index (χ2n) is 12.7. The third-order valence-corrected chi connectivity index (χ3v) is 7.74. The summed E-state index contributed by atoms with van der Waals surface area (Å²) in [6, 6.07) is 22.3. The van der Waals surface area contributed by atoms with Crippen LogP contribution >= 0.6 is 0 Å². The number of carbonyl (C=O) groups is 4. The van der Waals surface area contributed by atoms with Crippen molar-refractivity contribution in [1.29, 1.82) is 0 Å². The van der Waals surface area contributed by atoms with Gasteiger partial charge in [0.05, 0.1) is 20.1 Å². The van der Waals surface area contributed by atoms with Crippen LogP contribution in [0.1, 0.15) is 63.5 Å². The van der Waals surface area contributed by atoms with Crippen molar-refractivity contribution in [1.82, 2.24) is 10.3 Å². The molecule has 0 fully saturated rings. The molecule has 1 atom stereocenters. The Morgan fingerprint density at radius 1 is 0.938 bits per heavy atom. The monoisotopic (exact) mass is 653 g/mol. The van der Waals surface area contributed by atoms with Gasteiger partial charge in [0.25, 0.3) is 0 Å². The standard InChI is InChI=1S/C38H43N3O7/c1-25-17-18-39-34(20-25)41(37(46)48-38(2,3)4)19-9-16-35(44)40-24-29(42)22-28(23-36(45)47-5)26-10-6-11-27(21-26)30-12-7-14-32-31(30)13-8-15-33(32)43/h6-8,10-15,17-18,20-21,28,43H,9,16,19,22-24H2,1-5H3,(H,40,44)/t28-/m0/s1. The molecule has 10 nitrogen and oxygen atoms in total. The predicted octanol–water partition coefficient (Wildman–Crippen LogP) is 6.86. The fraction of sp³-hybridized carbons (Fsp3) is 0.342. The Morgan fingerprint density at radius 3 is 2.40 bits per heavy atom. The van der Waals surface area contributed by atoms with Gasteiger partial charge in [0, 0.05) is 36.9 Å². The van der Waals surface area contributed by atoms with E-state index in [0.717, 1.165) is 33.0 Å².